The number of likely N-dealkylation sites (tertiary alicyclic amines) is 1. The molecule has 0 spiro atoms. The number of fused-ring (bicyclic) bond motifs is 1. The number of aromatic hydroxyl groups is 1. The number of rotatable bonds is 4. The molecule has 0 radical (unpaired) electrons. The van der Waals surface area contributed by atoms with Gasteiger partial charge < -0.3 is 9.52 Å². The van der Waals surface area contributed by atoms with E-state index in [9.17, 15) is 5.11 Å². The molecular formula is C18H24N4O2S. The molecule has 3 unspecified atom stereocenters. The molecule has 0 saturated carbocycles. The van der Waals surface area contributed by atoms with Crippen LogP contribution in [-0.2, 0) is 6.42 Å². The van der Waals surface area contributed by atoms with Gasteiger partial charge in [0.25, 0.3) is 0 Å². The van der Waals surface area contributed by atoms with Gasteiger partial charge in [-0.3, -0.25) is 4.90 Å². The van der Waals surface area contributed by atoms with Gasteiger partial charge in [-0.25, -0.2) is 4.98 Å². The topological polar surface area (TPSA) is 66.8 Å². The van der Waals surface area contributed by atoms with Gasteiger partial charge in [0.2, 0.25) is 10.8 Å². The molecule has 134 valence electrons. The van der Waals surface area contributed by atoms with Crippen molar-refractivity contribution in [1.82, 2.24) is 19.5 Å². The molecule has 25 heavy (non-hydrogen) atoms. The summed E-state index contributed by atoms with van der Waals surface area (Å²) >= 11 is 1.50. The summed E-state index contributed by atoms with van der Waals surface area (Å²) in [6.07, 6.45) is 3.69. The largest absolute Gasteiger partial charge is 0.492 e. The van der Waals surface area contributed by atoms with Crippen LogP contribution in [0.15, 0.2) is 22.8 Å². The van der Waals surface area contributed by atoms with Gasteiger partial charge in [0.1, 0.15) is 11.8 Å². The van der Waals surface area contributed by atoms with E-state index in [0.717, 1.165) is 40.9 Å². The first kappa shape index (κ1) is 16.6. The first-order valence-corrected chi connectivity index (χ1v) is 9.73. The van der Waals surface area contributed by atoms with Crippen LogP contribution in [0.25, 0.3) is 4.96 Å². The first-order valence-electron chi connectivity index (χ1n) is 8.91. The summed E-state index contributed by atoms with van der Waals surface area (Å²) in [4.78, 5) is 8.52. The lowest BCUT2D eigenvalue weighted by molar-refractivity contribution is 0.102. The number of hydrogen-bond acceptors (Lipinski definition) is 6. The van der Waals surface area contributed by atoms with Crippen LogP contribution in [0.3, 0.4) is 0 Å². The Kier molecular flexibility index (Phi) is 4.29. The van der Waals surface area contributed by atoms with E-state index < -0.39 is 0 Å². The van der Waals surface area contributed by atoms with Gasteiger partial charge in [0.15, 0.2) is 5.82 Å². The minimum absolute atomic E-state index is 0.0984. The van der Waals surface area contributed by atoms with E-state index >= 15 is 0 Å². The van der Waals surface area contributed by atoms with Crippen LogP contribution >= 0.6 is 11.3 Å². The minimum Gasteiger partial charge on any atom is -0.492 e. The highest BCUT2D eigenvalue weighted by molar-refractivity contribution is 7.17. The van der Waals surface area contributed by atoms with E-state index in [1.165, 1.54) is 17.8 Å². The lowest BCUT2D eigenvalue weighted by Gasteiger charge is -2.38. The Hall–Kier alpha value is -1.86. The molecule has 4 heterocycles. The molecule has 0 aromatic carbocycles. The fourth-order valence-corrected chi connectivity index (χ4v) is 5.08. The van der Waals surface area contributed by atoms with Crippen molar-refractivity contribution in [3.63, 3.8) is 0 Å². The van der Waals surface area contributed by atoms with Crippen LogP contribution in [0.1, 0.15) is 49.7 Å². The summed E-state index contributed by atoms with van der Waals surface area (Å²) in [5.41, 5.74) is 0. The number of furan rings is 1. The van der Waals surface area contributed by atoms with E-state index in [1.54, 1.807) is 10.8 Å². The van der Waals surface area contributed by atoms with Gasteiger partial charge in [0.05, 0.1) is 11.1 Å². The van der Waals surface area contributed by atoms with Crippen LogP contribution in [0.5, 0.6) is 5.88 Å². The molecule has 4 rings (SSSR count). The maximum atomic E-state index is 10.8. The molecule has 1 aliphatic rings. The van der Waals surface area contributed by atoms with Gasteiger partial charge in [-0.15, -0.1) is 5.10 Å². The summed E-state index contributed by atoms with van der Waals surface area (Å²) in [6.45, 7) is 8.57. The molecule has 6 nitrogen and oxygen atoms in total. The number of nitrogens with zero attached hydrogens (tertiary/aromatic N) is 4. The lowest BCUT2D eigenvalue weighted by Crippen LogP contribution is -2.41. The Morgan fingerprint density at radius 2 is 2.12 bits per heavy atom. The van der Waals surface area contributed by atoms with Crippen molar-refractivity contribution < 1.29 is 9.52 Å². The number of thiazole rings is 1. The SMILES string of the molecule is CCc1nc2sc(C(c3ccco3)N3CC(C)CC(C)C3)c(O)n2n1. The van der Waals surface area contributed by atoms with Gasteiger partial charge in [-0.05, 0) is 30.4 Å². The fraction of sp³-hybridized carbons (Fsp3) is 0.556. The van der Waals surface area contributed by atoms with Crippen LogP contribution in [0.4, 0.5) is 0 Å². The number of piperidine rings is 1. The van der Waals surface area contributed by atoms with Crippen LogP contribution < -0.4 is 0 Å². The average Bonchev–Trinajstić information content (AvgIpc) is 3.27. The van der Waals surface area contributed by atoms with Gasteiger partial charge in [0, 0.05) is 19.5 Å². The van der Waals surface area contributed by atoms with Crippen molar-refractivity contribution in [2.75, 3.05) is 13.1 Å². The molecule has 1 aliphatic heterocycles. The highest BCUT2D eigenvalue weighted by Crippen LogP contribution is 2.42. The van der Waals surface area contributed by atoms with Crippen LogP contribution in [-0.4, -0.2) is 37.7 Å². The summed E-state index contributed by atoms with van der Waals surface area (Å²) in [5.74, 6) is 3.04. The zero-order valence-electron chi connectivity index (χ0n) is 14.8. The minimum atomic E-state index is -0.0984. The van der Waals surface area contributed by atoms with Crippen molar-refractivity contribution in [3.8, 4) is 5.88 Å². The summed E-state index contributed by atoms with van der Waals surface area (Å²) in [5, 5.41) is 15.2. The molecule has 7 heteroatoms. The summed E-state index contributed by atoms with van der Waals surface area (Å²) < 4.78 is 7.31. The van der Waals surface area contributed by atoms with E-state index in [4.69, 9.17) is 4.42 Å². The molecule has 3 aromatic heterocycles. The van der Waals surface area contributed by atoms with Gasteiger partial charge >= 0.3 is 0 Å². The fourth-order valence-electron chi connectivity index (χ4n) is 3.96. The Bertz CT molecular complexity index is 844. The summed E-state index contributed by atoms with van der Waals surface area (Å²) in [7, 11) is 0. The quantitative estimate of drug-likeness (QED) is 0.768. The second-order valence-electron chi connectivity index (χ2n) is 7.18. The van der Waals surface area contributed by atoms with Gasteiger partial charge in [-0.2, -0.15) is 4.52 Å². The highest BCUT2D eigenvalue weighted by atomic mass is 32.1. The van der Waals surface area contributed by atoms with Gasteiger partial charge in [-0.1, -0.05) is 32.1 Å². The third-order valence-corrected chi connectivity index (χ3v) is 5.96. The third-order valence-electron chi connectivity index (χ3n) is 4.88. The second-order valence-corrected chi connectivity index (χ2v) is 8.19. The molecule has 3 atom stereocenters. The standard InChI is InChI=1S/C18H24N4O2S/c1-4-14-19-18-22(20-14)17(23)16(25-18)15(13-6-5-7-24-13)21-9-11(2)8-12(3)10-21/h5-7,11-12,15,23H,4,8-10H2,1-3H3. The molecule has 0 amide bonds. The number of aryl methyl sites for hydroxylation is 1. The first-order chi connectivity index (χ1) is 12.1. The molecule has 1 saturated heterocycles. The van der Waals surface area contributed by atoms with E-state index in [1.807, 2.05) is 19.1 Å². The third kappa shape index (κ3) is 2.95. The smallest absolute Gasteiger partial charge is 0.230 e. The average molecular weight is 360 g/mol. The number of aromatic nitrogens is 3. The zero-order valence-corrected chi connectivity index (χ0v) is 15.7. The Morgan fingerprint density at radius 3 is 2.72 bits per heavy atom. The molecular weight excluding hydrogens is 336 g/mol. The predicted octanol–water partition coefficient (Wildman–Crippen LogP) is 3.72. The maximum Gasteiger partial charge on any atom is 0.230 e. The normalized spacial score (nSPS) is 23.3. The Balaban J connectivity index is 1.78. The second kappa shape index (κ2) is 6.46. The number of hydrogen-bond donors (Lipinski definition) is 1. The molecule has 3 aromatic rings. The molecule has 1 N–H and O–H groups in total. The highest BCUT2D eigenvalue weighted by Gasteiger charge is 2.35. The molecule has 0 bridgehead atoms. The lowest BCUT2D eigenvalue weighted by atomic mass is 9.90. The van der Waals surface area contributed by atoms with E-state index in [0.29, 0.717) is 11.8 Å². The molecule has 0 aliphatic carbocycles. The van der Waals surface area contributed by atoms with Crippen molar-refractivity contribution in [2.45, 2.75) is 39.7 Å². The van der Waals surface area contributed by atoms with E-state index in [2.05, 4.69) is 28.8 Å². The summed E-state index contributed by atoms with van der Waals surface area (Å²) in [6, 6.07) is 3.79. The monoisotopic (exact) mass is 360 g/mol. The van der Waals surface area contributed by atoms with E-state index in [-0.39, 0.29) is 11.9 Å². The molecule has 1 fully saturated rings. The Morgan fingerprint density at radius 1 is 1.36 bits per heavy atom. The van der Waals surface area contributed by atoms with Crippen molar-refractivity contribution >= 4 is 16.3 Å². The Labute approximate surface area is 151 Å². The predicted molar refractivity (Wildman–Crippen MR) is 97.0 cm³/mol. The van der Waals surface area contributed by atoms with Crippen LogP contribution in [0.2, 0.25) is 0 Å². The van der Waals surface area contributed by atoms with Crippen molar-refractivity contribution in [1.29, 1.82) is 0 Å². The van der Waals surface area contributed by atoms with Crippen LogP contribution in [0, 0.1) is 11.8 Å². The maximum absolute atomic E-state index is 10.8. The van der Waals surface area contributed by atoms with Crippen molar-refractivity contribution in [2.24, 2.45) is 11.8 Å². The van der Waals surface area contributed by atoms with Crippen molar-refractivity contribution in [3.05, 3.63) is 34.9 Å². The zero-order chi connectivity index (χ0) is 17.6.